The lowest BCUT2D eigenvalue weighted by atomic mass is 9.86. The van der Waals surface area contributed by atoms with Gasteiger partial charge < -0.3 is 10.2 Å². The van der Waals surface area contributed by atoms with Crippen molar-refractivity contribution in [3.05, 3.63) is 0 Å². The van der Waals surface area contributed by atoms with E-state index >= 15 is 0 Å². The standard InChI is InChI=1S/C7H14O2/c1-5-2-3-6(8)4-7(5)9/h5-9H,2-4H2,1H3/t5-,6-,7?/m0/s1. The van der Waals surface area contributed by atoms with Gasteiger partial charge in [-0.2, -0.15) is 0 Å². The van der Waals surface area contributed by atoms with Gasteiger partial charge in [-0.05, 0) is 25.2 Å². The fourth-order valence-corrected chi connectivity index (χ4v) is 1.28. The van der Waals surface area contributed by atoms with Crippen LogP contribution in [0.4, 0.5) is 0 Å². The van der Waals surface area contributed by atoms with E-state index < -0.39 is 0 Å². The van der Waals surface area contributed by atoms with Crippen LogP contribution in [-0.2, 0) is 0 Å². The van der Waals surface area contributed by atoms with Crippen molar-refractivity contribution in [2.45, 2.75) is 38.4 Å². The van der Waals surface area contributed by atoms with Gasteiger partial charge in [-0.1, -0.05) is 6.92 Å². The molecule has 54 valence electrons. The van der Waals surface area contributed by atoms with Crippen molar-refractivity contribution in [3.63, 3.8) is 0 Å². The van der Waals surface area contributed by atoms with E-state index in [2.05, 4.69) is 0 Å². The Kier molecular flexibility index (Phi) is 2.09. The van der Waals surface area contributed by atoms with Crippen LogP contribution in [0.3, 0.4) is 0 Å². The SMILES string of the molecule is C[C@H]1CC[C@H](O)CC1O. The van der Waals surface area contributed by atoms with Crippen molar-refractivity contribution in [3.8, 4) is 0 Å². The topological polar surface area (TPSA) is 40.5 Å². The normalized spacial score (nSPS) is 45.0. The second-order valence-electron chi connectivity index (χ2n) is 3.01. The molecule has 0 spiro atoms. The number of hydrogen-bond acceptors (Lipinski definition) is 2. The summed E-state index contributed by atoms with van der Waals surface area (Å²) in [4.78, 5) is 0. The molecule has 0 saturated heterocycles. The summed E-state index contributed by atoms with van der Waals surface area (Å²) in [5, 5.41) is 18.2. The van der Waals surface area contributed by atoms with Gasteiger partial charge in [0.2, 0.25) is 0 Å². The molecule has 1 saturated carbocycles. The smallest absolute Gasteiger partial charge is 0.0590 e. The molecule has 0 aromatic carbocycles. The maximum atomic E-state index is 9.19. The van der Waals surface area contributed by atoms with Crippen molar-refractivity contribution in [1.82, 2.24) is 0 Å². The molecular formula is C7H14O2. The Bertz CT molecular complexity index is 92.9. The molecule has 0 aromatic heterocycles. The van der Waals surface area contributed by atoms with Gasteiger partial charge in [0.05, 0.1) is 12.2 Å². The molecule has 1 fully saturated rings. The highest BCUT2D eigenvalue weighted by atomic mass is 16.3. The van der Waals surface area contributed by atoms with Crippen molar-refractivity contribution in [2.24, 2.45) is 5.92 Å². The number of hydrogen-bond donors (Lipinski definition) is 2. The lowest BCUT2D eigenvalue weighted by molar-refractivity contribution is 0.00730. The minimum Gasteiger partial charge on any atom is -0.393 e. The summed E-state index contributed by atoms with van der Waals surface area (Å²) >= 11 is 0. The summed E-state index contributed by atoms with van der Waals surface area (Å²) in [6.07, 6.45) is 1.87. The highest BCUT2D eigenvalue weighted by molar-refractivity contribution is 4.75. The van der Waals surface area contributed by atoms with E-state index in [0.29, 0.717) is 12.3 Å². The zero-order valence-electron chi connectivity index (χ0n) is 5.75. The number of rotatable bonds is 0. The molecule has 1 rings (SSSR count). The Balaban J connectivity index is 2.35. The third-order valence-corrected chi connectivity index (χ3v) is 2.13. The minimum atomic E-state index is -0.270. The van der Waals surface area contributed by atoms with Gasteiger partial charge >= 0.3 is 0 Å². The molecule has 1 aliphatic rings. The lowest BCUT2D eigenvalue weighted by Gasteiger charge is -2.27. The second kappa shape index (κ2) is 2.67. The van der Waals surface area contributed by atoms with Crippen LogP contribution in [0.25, 0.3) is 0 Å². The molecule has 0 heterocycles. The molecule has 1 unspecified atom stereocenters. The predicted octanol–water partition coefficient (Wildman–Crippen LogP) is 0.528. The molecule has 0 radical (unpaired) electrons. The number of aliphatic hydroxyl groups excluding tert-OH is 2. The molecule has 2 N–H and O–H groups in total. The zero-order valence-corrected chi connectivity index (χ0v) is 5.75. The molecule has 0 aromatic rings. The van der Waals surface area contributed by atoms with Gasteiger partial charge in [-0.25, -0.2) is 0 Å². The van der Waals surface area contributed by atoms with Crippen LogP contribution in [0, 0.1) is 5.92 Å². The molecular weight excluding hydrogens is 116 g/mol. The first-order chi connectivity index (χ1) is 4.20. The molecule has 1 aliphatic carbocycles. The van der Waals surface area contributed by atoms with E-state index in [9.17, 15) is 5.11 Å². The molecule has 0 bridgehead atoms. The third kappa shape index (κ3) is 1.66. The summed E-state index contributed by atoms with van der Waals surface area (Å²) in [5.74, 6) is 0.383. The fraction of sp³-hybridized carbons (Fsp3) is 1.00. The Labute approximate surface area is 55.5 Å². The van der Waals surface area contributed by atoms with E-state index in [1.54, 1.807) is 0 Å². The molecule has 9 heavy (non-hydrogen) atoms. The first-order valence-corrected chi connectivity index (χ1v) is 3.56. The quantitative estimate of drug-likeness (QED) is 0.502. The van der Waals surface area contributed by atoms with E-state index in [1.165, 1.54) is 0 Å². The first-order valence-electron chi connectivity index (χ1n) is 3.56. The van der Waals surface area contributed by atoms with Crippen LogP contribution in [0.15, 0.2) is 0 Å². The van der Waals surface area contributed by atoms with Crippen molar-refractivity contribution in [2.75, 3.05) is 0 Å². The Morgan fingerprint density at radius 2 is 1.89 bits per heavy atom. The summed E-state index contributed by atoms with van der Waals surface area (Å²) in [6, 6.07) is 0. The highest BCUT2D eigenvalue weighted by Crippen LogP contribution is 2.23. The summed E-state index contributed by atoms with van der Waals surface area (Å²) in [7, 11) is 0. The van der Waals surface area contributed by atoms with E-state index in [0.717, 1.165) is 12.8 Å². The fourth-order valence-electron chi connectivity index (χ4n) is 1.28. The third-order valence-electron chi connectivity index (χ3n) is 2.13. The molecule has 2 heteroatoms. The number of aliphatic hydroxyl groups is 2. The minimum absolute atomic E-state index is 0.254. The highest BCUT2D eigenvalue weighted by Gasteiger charge is 2.23. The van der Waals surface area contributed by atoms with E-state index in [-0.39, 0.29) is 12.2 Å². The van der Waals surface area contributed by atoms with E-state index in [4.69, 9.17) is 5.11 Å². The van der Waals surface area contributed by atoms with Gasteiger partial charge in [0.15, 0.2) is 0 Å². The first kappa shape index (κ1) is 7.03. The van der Waals surface area contributed by atoms with Crippen LogP contribution >= 0.6 is 0 Å². The van der Waals surface area contributed by atoms with Crippen LogP contribution in [0.2, 0.25) is 0 Å². The summed E-state index contributed by atoms with van der Waals surface area (Å²) in [6.45, 7) is 2.02. The summed E-state index contributed by atoms with van der Waals surface area (Å²) in [5.41, 5.74) is 0. The average Bonchev–Trinajstić information content (AvgIpc) is 1.80. The van der Waals surface area contributed by atoms with Crippen molar-refractivity contribution >= 4 is 0 Å². The van der Waals surface area contributed by atoms with Crippen LogP contribution in [-0.4, -0.2) is 22.4 Å². The maximum absolute atomic E-state index is 9.19. The molecule has 0 aliphatic heterocycles. The van der Waals surface area contributed by atoms with Crippen molar-refractivity contribution < 1.29 is 10.2 Å². The van der Waals surface area contributed by atoms with Crippen LogP contribution < -0.4 is 0 Å². The van der Waals surface area contributed by atoms with Gasteiger partial charge in [0.1, 0.15) is 0 Å². The van der Waals surface area contributed by atoms with E-state index in [1.807, 2.05) is 6.92 Å². The predicted molar refractivity (Wildman–Crippen MR) is 35.0 cm³/mol. The summed E-state index contributed by atoms with van der Waals surface area (Å²) < 4.78 is 0. The van der Waals surface area contributed by atoms with Crippen LogP contribution in [0.5, 0.6) is 0 Å². The Morgan fingerprint density at radius 1 is 1.22 bits per heavy atom. The lowest BCUT2D eigenvalue weighted by Crippen LogP contribution is -2.29. The van der Waals surface area contributed by atoms with Gasteiger partial charge in [-0.3, -0.25) is 0 Å². The van der Waals surface area contributed by atoms with Crippen molar-refractivity contribution in [1.29, 1.82) is 0 Å². The van der Waals surface area contributed by atoms with Gasteiger partial charge in [0.25, 0.3) is 0 Å². The van der Waals surface area contributed by atoms with Crippen LogP contribution in [0.1, 0.15) is 26.2 Å². The molecule has 3 atom stereocenters. The molecule has 2 nitrogen and oxygen atoms in total. The Morgan fingerprint density at radius 3 is 2.33 bits per heavy atom. The van der Waals surface area contributed by atoms with Gasteiger partial charge in [-0.15, -0.1) is 0 Å². The molecule has 0 amide bonds. The van der Waals surface area contributed by atoms with Gasteiger partial charge in [0, 0.05) is 0 Å². The zero-order chi connectivity index (χ0) is 6.85. The maximum Gasteiger partial charge on any atom is 0.0590 e. The monoisotopic (exact) mass is 130 g/mol. The second-order valence-corrected chi connectivity index (χ2v) is 3.01. The largest absolute Gasteiger partial charge is 0.393 e. The average molecular weight is 130 g/mol. The Hall–Kier alpha value is -0.0800.